The maximum Gasteiger partial charge on any atom is 0.193 e. The van der Waals surface area contributed by atoms with E-state index in [1.54, 1.807) is 0 Å². The third-order valence-electron chi connectivity index (χ3n) is 3.02. The Bertz CT molecular complexity index is 271. The largest absolute Gasteiger partial charge is 0.357 e. The maximum atomic E-state index is 4.72. The van der Waals surface area contributed by atoms with E-state index in [-0.39, 0.29) is 24.0 Å². The zero-order valence-corrected chi connectivity index (χ0v) is 15.4. The van der Waals surface area contributed by atoms with Crippen molar-refractivity contribution in [2.75, 3.05) is 37.7 Å². The van der Waals surface area contributed by atoms with Gasteiger partial charge in [0.25, 0.3) is 0 Å². The van der Waals surface area contributed by atoms with E-state index in [1.807, 2.05) is 17.8 Å². The van der Waals surface area contributed by atoms with E-state index in [0.29, 0.717) is 0 Å². The highest BCUT2D eigenvalue weighted by Gasteiger charge is 2.18. The molecule has 1 unspecified atom stereocenters. The van der Waals surface area contributed by atoms with E-state index in [1.165, 1.54) is 12.8 Å². The molecule has 1 rings (SSSR count). The number of aliphatic imine (C=N–C) groups is 1. The Labute approximate surface area is 139 Å². The van der Waals surface area contributed by atoms with Gasteiger partial charge in [0.1, 0.15) is 0 Å². The van der Waals surface area contributed by atoms with Crippen molar-refractivity contribution in [3.63, 3.8) is 0 Å². The molecule has 0 bridgehead atoms. The average Bonchev–Trinajstić information content (AvgIpc) is 2.37. The Kier molecular flexibility index (Phi) is 11.9. The van der Waals surface area contributed by atoms with Crippen molar-refractivity contribution in [2.24, 2.45) is 10.9 Å². The monoisotopic (exact) mass is 397 g/mol. The Hall–Kier alpha value is 0.0900. The lowest BCUT2D eigenvalue weighted by molar-refractivity contribution is 0.266. The topological polar surface area (TPSA) is 27.6 Å². The van der Waals surface area contributed by atoms with Crippen LogP contribution in [0.4, 0.5) is 0 Å². The molecule has 0 aromatic heterocycles. The lowest BCUT2D eigenvalue weighted by Crippen LogP contribution is -2.46. The second-order valence-electron chi connectivity index (χ2n) is 4.79. The second-order valence-corrected chi connectivity index (χ2v) is 5.94. The van der Waals surface area contributed by atoms with Crippen LogP contribution in [0.15, 0.2) is 17.6 Å². The minimum absolute atomic E-state index is 0. The van der Waals surface area contributed by atoms with Gasteiger partial charge < -0.3 is 10.2 Å². The average molecular weight is 397 g/mol. The first kappa shape index (κ1) is 19.1. The first-order valence-corrected chi connectivity index (χ1v) is 8.15. The number of likely N-dealkylation sites (tertiary alicyclic amines) is 1. The highest BCUT2D eigenvalue weighted by Crippen LogP contribution is 2.15. The maximum absolute atomic E-state index is 4.72. The molecule has 1 saturated heterocycles. The number of nitrogens with zero attached hydrogens (tertiary/aromatic N) is 2. The zero-order valence-electron chi connectivity index (χ0n) is 12.2. The molecule has 0 aromatic rings. The molecule has 1 heterocycles. The Morgan fingerprint density at radius 3 is 3.00 bits per heavy atom. The van der Waals surface area contributed by atoms with Crippen LogP contribution < -0.4 is 5.32 Å². The van der Waals surface area contributed by atoms with Crippen LogP contribution in [0.2, 0.25) is 0 Å². The van der Waals surface area contributed by atoms with Gasteiger partial charge >= 0.3 is 0 Å². The van der Waals surface area contributed by atoms with Gasteiger partial charge in [0, 0.05) is 31.1 Å². The van der Waals surface area contributed by atoms with E-state index in [0.717, 1.165) is 49.6 Å². The van der Waals surface area contributed by atoms with Crippen LogP contribution in [0.3, 0.4) is 0 Å². The molecule has 112 valence electrons. The third-order valence-corrected chi connectivity index (χ3v) is 3.97. The van der Waals surface area contributed by atoms with E-state index < -0.39 is 0 Å². The quantitative estimate of drug-likeness (QED) is 0.245. The van der Waals surface area contributed by atoms with Crippen LogP contribution in [0.5, 0.6) is 0 Å². The van der Waals surface area contributed by atoms with Gasteiger partial charge in [-0.3, -0.25) is 4.99 Å². The molecule has 0 aliphatic carbocycles. The van der Waals surface area contributed by atoms with E-state index in [9.17, 15) is 0 Å². The summed E-state index contributed by atoms with van der Waals surface area (Å²) < 4.78 is 0. The summed E-state index contributed by atoms with van der Waals surface area (Å²) >= 11 is 1.89. The molecule has 0 spiro atoms. The molecule has 0 saturated carbocycles. The van der Waals surface area contributed by atoms with Crippen LogP contribution >= 0.6 is 35.7 Å². The highest BCUT2D eigenvalue weighted by atomic mass is 127. The molecule has 0 radical (unpaired) electrons. The molecule has 1 aliphatic heterocycles. The second kappa shape index (κ2) is 11.9. The molecule has 3 nitrogen and oxygen atoms in total. The summed E-state index contributed by atoms with van der Waals surface area (Å²) in [6, 6.07) is 0. The van der Waals surface area contributed by atoms with Crippen molar-refractivity contribution in [1.29, 1.82) is 0 Å². The highest BCUT2D eigenvalue weighted by molar-refractivity contribution is 14.0. The van der Waals surface area contributed by atoms with Crippen molar-refractivity contribution in [3.05, 3.63) is 12.7 Å². The molecule has 1 atom stereocenters. The molecule has 0 aromatic carbocycles. The van der Waals surface area contributed by atoms with Crippen molar-refractivity contribution >= 4 is 41.7 Å². The van der Waals surface area contributed by atoms with Gasteiger partial charge in [-0.15, -0.1) is 30.6 Å². The summed E-state index contributed by atoms with van der Waals surface area (Å²) in [6.07, 6.45) is 4.59. The molecule has 1 aliphatic rings. The van der Waals surface area contributed by atoms with Gasteiger partial charge in [-0.1, -0.05) is 13.0 Å². The number of rotatable bonds is 6. The van der Waals surface area contributed by atoms with Crippen LogP contribution in [0.1, 0.15) is 26.7 Å². The number of nitrogens with one attached hydrogen (secondary N) is 1. The van der Waals surface area contributed by atoms with E-state index in [4.69, 9.17) is 4.99 Å². The minimum atomic E-state index is 0. The summed E-state index contributed by atoms with van der Waals surface area (Å²) in [6.45, 7) is 12.3. The lowest BCUT2D eigenvalue weighted by atomic mass is 10.0. The number of hydrogen-bond acceptors (Lipinski definition) is 2. The predicted molar refractivity (Wildman–Crippen MR) is 98.9 cm³/mol. The first-order valence-electron chi connectivity index (χ1n) is 6.99. The fourth-order valence-corrected chi connectivity index (χ4v) is 2.74. The molecule has 19 heavy (non-hydrogen) atoms. The van der Waals surface area contributed by atoms with Crippen molar-refractivity contribution < 1.29 is 0 Å². The van der Waals surface area contributed by atoms with Crippen LogP contribution in [0.25, 0.3) is 0 Å². The van der Waals surface area contributed by atoms with E-state index in [2.05, 4.69) is 30.6 Å². The lowest BCUT2D eigenvalue weighted by Gasteiger charge is -2.33. The van der Waals surface area contributed by atoms with Gasteiger partial charge in [0.2, 0.25) is 0 Å². The van der Waals surface area contributed by atoms with Gasteiger partial charge in [0.15, 0.2) is 5.96 Å². The van der Waals surface area contributed by atoms with Crippen molar-refractivity contribution in [2.45, 2.75) is 26.7 Å². The van der Waals surface area contributed by atoms with Crippen LogP contribution in [-0.2, 0) is 0 Å². The SMILES string of the molecule is C=CCSCCN=C(NCC)N1CCCC(C)C1.I. The molecule has 1 N–H and O–H groups in total. The molecule has 1 fully saturated rings. The number of piperidine rings is 1. The molecular weight excluding hydrogens is 369 g/mol. The van der Waals surface area contributed by atoms with Crippen LogP contribution in [-0.4, -0.2) is 48.5 Å². The zero-order chi connectivity index (χ0) is 13.2. The fourth-order valence-electron chi connectivity index (χ4n) is 2.19. The molecular formula is C14H28IN3S. The number of halogens is 1. The summed E-state index contributed by atoms with van der Waals surface area (Å²) in [7, 11) is 0. The number of guanidine groups is 1. The first-order chi connectivity index (χ1) is 8.77. The fraction of sp³-hybridized carbons (Fsp3) is 0.786. The Morgan fingerprint density at radius 1 is 1.58 bits per heavy atom. The smallest absolute Gasteiger partial charge is 0.193 e. The predicted octanol–water partition coefficient (Wildman–Crippen LogP) is 3.22. The van der Waals surface area contributed by atoms with Crippen molar-refractivity contribution in [3.8, 4) is 0 Å². The summed E-state index contributed by atoms with van der Waals surface area (Å²) in [5, 5.41) is 3.41. The number of thioether (sulfide) groups is 1. The van der Waals surface area contributed by atoms with Gasteiger partial charge in [0.05, 0.1) is 6.54 Å². The summed E-state index contributed by atoms with van der Waals surface area (Å²) in [5.74, 6) is 3.98. The minimum Gasteiger partial charge on any atom is -0.357 e. The van der Waals surface area contributed by atoms with Gasteiger partial charge in [-0.05, 0) is 25.7 Å². The van der Waals surface area contributed by atoms with Crippen molar-refractivity contribution in [1.82, 2.24) is 10.2 Å². The van der Waals surface area contributed by atoms with Gasteiger partial charge in [-0.25, -0.2) is 0 Å². The summed E-state index contributed by atoms with van der Waals surface area (Å²) in [5.41, 5.74) is 0. The summed E-state index contributed by atoms with van der Waals surface area (Å²) in [4.78, 5) is 7.13. The number of hydrogen-bond donors (Lipinski definition) is 1. The van der Waals surface area contributed by atoms with Crippen LogP contribution in [0, 0.1) is 5.92 Å². The third kappa shape index (κ3) is 8.07. The Balaban J connectivity index is 0.00000324. The molecule has 0 amide bonds. The molecule has 5 heteroatoms. The van der Waals surface area contributed by atoms with E-state index >= 15 is 0 Å². The van der Waals surface area contributed by atoms with Gasteiger partial charge in [-0.2, -0.15) is 11.8 Å². The normalized spacial score (nSPS) is 19.8. The standard InChI is InChI=1S/C14H27N3S.HI/c1-4-10-18-11-8-16-14(15-5-2)17-9-6-7-13(3)12-17;/h4,13H,1,5-12H2,2-3H3,(H,15,16);1H. The Morgan fingerprint density at radius 2 is 2.37 bits per heavy atom.